The largest absolute Gasteiger partial charge is 0.361 e. The highest BCUT2D eigenvalue weighted by atomic mass is 16.5. The van der Waals surface area contributed by atoms with E-state index in [0.717, 1.165) is 58.8 Å². The van der Waals surface area contributed by atoms with Crippen LogP contribution < -0.4 is 11.1 Å². The summed E-state index contributed by atoms with van der Waals surface area (Å²) in [6, 6.07) is 16.2. The molecular weight excluding hydrogens is 376 g/mol. The van der Waals surface area contributed by atoms with Gasteiger partial charge in [0.1, 0.15) is 5.76 Å². The second-order valence-corrected chi connectivity index (χ2v) is 8.34. The van der Waals surface area contributed by atoms with Crippen molar-refractivity contribution < 1.29 is 9.32 Å². The third-order valence-corrected chi connectivity index (χ3v) is 6.43. The van der Waals surface area contributed by atoms with Gasteiger partial charge >= 0.3 is 0 Å². The molecule has 2 unspecified atom stereocenters. The van der Waals surface area contributed by atoms with E-state index in [1.165, 1.54) is 0 Å². The third kappa shape index (κ3) is 2.71. The maximum atomic E-state index is 13.7. The number of benzene rings is 2. The minimum atomic E-state index is -0.899. The molecule has 2 aliphatic heterocycles. The van der Waals surface area contributed by atoms with E-state index < -0.39 is 5.54 Å². The van der Waals surface area contributed by atoms with Gasteiger partial charge in [-0.25, -0.2) is 0 Å². The van der Waals surface area contributed by atoms with Gasteiger partial charge < -0.3 is 15.6 Å². The molecule has 0 bridgehead atoms. The highest BCUT2D eigenvalue weighted by Gasteiger charge is 2.53. The molecule has 5 rings (SSSR count). The number of carbonyl (C=O) groups is 1. The highest BCUT2D eigenvalue weighted by Crippen LogP contribution is 2.47. The van der Waals surface area contributed by atoms with Crippen LogP contribution in [0.5, 0.6) is 0 Å². The van der Waals surface area contributed by atoms with Gasteiger partial charge in [-0.15, -0.1) is 0 Å². The average Bonchev–Trinajstić information content (AvgIpc) is 3.24. The molecule has 1 aromatic heterocycles. The number of likely N-dealkylation sites (tertiary alicyclic amines) is 1. The lowest BCUT2D eigenvalue weighted by atomic mass is 9.79. The van der Waals surface area contributed by atoms with Gasteiger partial charge in [0.25, 0.3) is 5.91 Å². The van der Waals surface area contributed by atoms with Crippen LogP contribution in [0.4, 0.5) is 5.69 Å². The molecule has 1 fully saturated rings. The smallest absolute Gasteiger partial charge is 0.254 e. The van der Waals surface area contributed by atoms with Gasteiger partial charge in [0.2, 0.25) is 0 Å². The first kappa shape index (κ1) is 19.0. The summed E-state index contributed by atoms with van der Waals surface area (Å²) in [5.41, 5.74) is 11.0. The van der Waals surface area contributed by atoms with Gasteiger partial charge in [-0.2, -0.15) is 0 Å². The topological polar surface area (TPSA) is 84.4 Å². The number of piperidine rings is 1. The summed E-state index contributed by atoms with van der Waals surface area (Å²) in [6.45, 7) is 5.36. The van der Waals surface area contributed by atoms with E-state index in [1.807, 2.05) is 56.3 Å². The second kappa shape index (κ2) is 7.07. The second-order valence-electron chi connectivity index (χ2n) is 8.34. The monoisotopic (exact) mass is 402 g/mol. The summed E-state index contributed by atoms with van der Waals surface area (Å²) in [5, 5.41) is 7.25. The van der Waals surface area contributed by atoms with E-state index >= 15 is 0 Å². The van der Waals surface area contributed by atoms with Crippen molar-refractivity contribution in [3.63, 3.8) is 0 Å². The third-order valence-electron chi connectivity index (χ3n) is 6.43. The van der Waals surface area contributed by atoms with Crippen molar-refractivity contribution in [1.29, 1.82) is 0 Å². The number of nitrogens with one attached hydrogen (secondary N) is 1. The van der Waals surface area contributed by atoms with Gasteiger partial charge in [0.15, 0.2) is 5.54 Å². The number of aromatic nitrogens is 1. The van der Waals surface area contributed by atoms with Crippen LogP contribution >= 0.6 is 0 Å². The number of anilines is 1. The summed E-state index contributed by atoms with van der Waals surface area (Å²) in [4.78, 5) is 15.9. The number of hydrogen-bond acceptors (Lipinski definition) is 5. The summed E-state index contributed by atoms with van der Waals surface area (Å²) >= 11 is 0. The molecule has 0 aliphatic carbocycles. The minimum absolute atomic E-state index is 0.0197. The molecule has 3 N–H and O–H groups in total. The van der Waals surface area contributed by atoms with Crippen LogP contribution in [-0.2, 0) is 10.3 Å². The Morgan fingerprint density at radius 2 is 2.00 bits per heavy atom. The molecule has 0 spiro atoms. The number of rotatable bonds is 3. The van der Waals surface area contributed by atoms with Crippen molar-refractivity contribution in [2.45, 2.75) is 38.3 Å². The number of hydrogen-bond donors (Lipinski definition) is 2. The fourth-order valence-corrected chi connectivity index (χ4v) is 5.12. The zero-order chi connectivity index (χ0) is 20.9. The lowest BCUT2D eigenvalue weighted by Gasteiger charge is -2.44. The van der Waals surface area contributed by atoms with E-state index in [-0.39, 0.29) is 11.9 Å². The first-order valence-electron chi connectivity index (χ1n) is 10.5. The molecule has 30 heavy (non-hydrogen) atoms. The Labute approximate surface area is 176 Å². The normalized spacial score (nSPS) is 24.0. The zero-order valence-electron chi connectivity index (χ0n) is 17.3. The number of fused-ring (bicyclic) bond motifs is 1. The molecule has 1 saturated heterocycles. The molecule has 0 radical (unpaired) electrons. The van der Waals surface area contributed by atoms with Crippen LogP contribution in [0.3, 0.4) is 0 Å². The Hall–Kier alpha value is -2.96. The van der Waals surface area contributed by atoms with Crippen LogP contribution in [-0.4, -0.2) is 35.1 Å². The molecule has 3 aromatic rings. The SMILES string of the molecule is Cc1noc(C)c1-c1ccc2c(c1)C(c1ccccc1)(N1CCCC(N)C1)C(=O)N2. The molecule has 0 saturated carbocycles. The van der Waals surface area contributed by atoms with E-state index in [4.69, 9.17) is 10.3 Å². The Morgan fingerprint density at radius 3 is 2.70 bits per heavy atom. The van der Waals surface area contributed by atoms with Gasteiger partial charge in [0, 0.05) is 29.4 Å². The van der Waals surface area contributed by atoms with E-state index in [2.05, 4.69) is 21.4 Å². The van der Waals surface area contributed by atoms with Gasteiger partial charge in [-0.3, -0.25) is 9.69 Å². The number of amides is 1. The number of nitrogens with zero attached hydrogens (tertiary/aromatic N) is 2. The predicted molar refractivity (Wildman–Crippen MR) is 116 cm³/mol. The molecule has 2 atom stereocenters. The van der Waals surface area contributed by atoms with E-state index in [0.29, 0.717) is 6.54 Å². The standard InChI is InChI=1S/C24H26N4O2/c1-15-22(16(2)30-27-15)17-10-11-21-20(13-17)24(23(29)26-21,18-7-4-3-5-8-18)28-12-6-9-19(25)14-28/h3-5,7-8,10-11,13,19H,6,9,12,14,25H2,1-2H3,(H,26,29). The highest BCUT2D eigenvalue weighted by molar-refractivity contribution is 6.09. The van der Waals surface area contributed by atoms with Crippen molar-refractivity contribution in [1.82, 2.24) is 10.1 Å². The van der Waals surface area contributed by atoms with Crippen LogP contribution in [0, 0.1) is 13.8 Å². The lowest BCUT2D eigenvalue weighted by Crippen LogP contribution is -2.57. The molecule has 6 heteroatoms. The Balaban J connectivity index is 1.75. The molecule has 3 heterocycles. The Kier molecular flexibility index (Phi) is 4.49. The average molecular weight is 402 g/mol. The van der Waals surface area contributed by atoms with Crippen molar-refractivity contribution >= 4 is 11.6 Å². The maximum Gasteiger partial charge on any atom is 0.254 e. The fraction of sp³-hybridized carbons (Fsp3) is 0.333. The van der Waals surface area contributed by atoms with Crippen molar-refractivity contribution in [2.24, 2.45) is 5.73 Å². The van der Waals surface area contributed by atoms with Crippen LogP contribution in [0.25, 0.3) is 11.1 Å². The van der Waals surface area contributed by atoms with Gasteiger partial charge in [0.05, 0.1) is 5.69 Å². The molecule has 154 valence electrons. The predicted octanol–water partition coefficient (Wildman–Crippen LogP) is 3.58. The Bertz CT molecular complexity index is 1090. The van der Waals surface area contributed by atoms with E-state index in [1.54, 1.807) is 0 Å². The molecular formula is C24H26N4O2. The fourth-order valence-electron chi connectivity index (χ4n) is 5.12. The molecule has 2 aliphatic rings. The summed E-state index contributed by atoms with van der Waals surface area (Å²) in [6.07, 6.45) is 1.96. The number of nitrogens with two attached hydrogens (primary N) is 1. The lowest BCUT2D eigenvalue weighted by molar-refractivity contribution is -0.126. The number of aryl methyl sites for hydroxylation is 2. The first-order chi connectivity index (χ1) is 14.5. The zero-order valence-corrected chi connectivity index (χ0v) is 17.3. The summed E-state index contributed by atoms with van der Waals surface area (Å²) in [5.74, 6) is 0.753. The Morgan fingerprint density at radius 1 is 1.20 bits per heavy atom. The first-order valence-corrected chi connectivity index (χ1v) is 10.5. The van der Waals surface area contributed by atoms with Crippen molar-refractivity contribution in [3.8, 4) is 11.1 Å². The minimum Gasteiger partial charge on any atom is -0.361 e. The summed E-state index contributed by atoms with van der Waals surface area (Å²) in [7, 11) is 0. The molecule has 6 nitrogen and oxygen atoms in total. The van der Waals surface area contributed by atoms with Crippen LogP contribution in [0.15, 0.2) is 53.1 Å². The quantitative estimate of drug-likeness (QED) is 0.700. The van der Waals surface area contributed by atoms with Crippen LogP contribution in [0.1, 0.15) is 35.4 Å². The van der Waals surface area contributed by atoms with Crippen molar-refractivity contribution in [3.05, 3.63) is 71.1 Å². The molecule has 1 amide bonds. The number of carbonyl (C=O) groups excluding carboxylic acids is 1. The van der Waals surface area contributed by atoms with E-state index in [9.17, 15) is 4.79 Å². The summed E-state index contributed by atoms with van der Waals surface area (Å²) < 4.78 is 5.40. The molecule has 2 aromatic carbocycles. The maximum absolute atomic E-state index is 13.7. The van der Waals surface area contributed by atoms with Crippen molar-refractivity contribution in [2.75, 3.05) is 18.4 Å². The van der Waals surface area contributed by atoms with Gasteiger partial charge in [-0.1, -0.05) is 41.6 Å². The van der Waals surface area contributed by atoms with Gasteiger partial charge in [-0.05, 0) is 56.5 Å². The van der Waals surface area contributed by atoms with Crippen LogP contribution in [0.2, 0.25) is 0 Å².